The Balaban J connectivity index is 1.90. The van der Waals surface area contributed by atoms with Crippen LogP contribution in [0.5, 0.6) is 0 Å². The van der Waals surface area contributed by atoms with Crippen LogP contribution in [0.1, 0.15) is 60.4 Å². The third-order valence-corrected chi connectivity index (χ3v) is 5.25. The predicted molar refractivity (Wildman–Crippen MR) is 126 cm³/mol. The van der Waals surface area contributed by atoms with Gasteiger partial charge in [-0.3, -0.25) is 0 Å². The third-order valence-electron chi connectivity index (χ3n) is 5.25. The fourth-order valence-electron chi connectivity index (χ4n) is 3.53. The summed E-state index contributed by atoms with van der Waals surface area (Å²) in [4.78, 5) is 0. The van der Waals surface area contributed by atoms with Gasteiger partial charge >= 0.3 is 0 Å². The van der Waals surface area contributed by atoms with Gasteiger partial charge < -0.3 is 0 Å². The van der Waals surface area contributed by atoms with Gasteiger partial charge in [0, 0.05) is 11.1 Å². The monoisotopic (exact) mass is 400 g/mol. The third kappa shape index (κ3) is 5.96. The lowest BCUT2D eigenvalue weighted by molar-refractivity contribution is 0.316. The molecule has 0 saturated carbocycles. The van der Waals surface area contributed by atoms with Crippen LogP contribution >= 0.6 is 0 Å². The molecule has 0 bridgehead atoms. The van der Waals surface area contributed by atoms with Crippen molar-refractivity contribution in [2.45, 2.75) is 45.7 Å². The molecule has 0 N–H and O–H groups in total. The maximum Gasteiger partial charge on any atom is 0.100 e. The van der Waals surface area contributed by atoms with Gasteiger partial charge in [-0.05, 0) is 43.7 Å². The summed E-state index contributed by atoms with van der Waals surface area (Å²) < 4.78 is 13.5. The summed E-state index contributed by atoms with van der Waals surface area (Å²) >= 11 is 0. The summed E-state index contributed by atoms with van der Waals surface area (Å²) in [5.41, 5.74) is 6.22. The summed E-state index contributed by atoms with van der Waals surface area (Å²) in [6.07, 6.45) is 2.45. The molecule has 0 aromatic heterocycles. The van der Waals surface area contributed by atoms with Crippen LogP contribution in [0.3, 0.4) is 0 Å². The molecule has 2 atom stereocenters. The van der Waals surface area contributed by atoms with E-state index in [0.717, 1.165) is 28.8 Å². The van der Waals surface area contributed by atoms with E-state index in [2.05, 4.69) is 60.4 Å². The van der Waals surface area contributed by atoms with Gasteiger partial charge in [0.15, 0.2) is 0 Å². The van der Waals surface area contributed by atoms with E-state index >= 15 is 0 Å². The molecule has 0 radical (unpaired) electrons. The van der Waals surface area contributed by atoms with Gasteiger partial charge in [0.1, 0.15) is 5.71 Å². The smallest absolute Gasteiger partial charge is 0.100 e. The van der Waals surface area contributed by atoms with Gasteiger partial charge in [-0.15, -0.1) is 5.10 Å². The van der Waals surface area contributed by atoms with Crippen molar-refractivity contribution in [2.24, 2.45) is 10.2 Å². The molecule has 2 nitrogen and oxygen atoms in total. The highest BCUT2D eigenvalue weighted by Gasteiger charge is 2.14. The Morgan fingerprint density at radius 1 is 0.900 bits per heavy atom. The zero-order chi connectivity index (χ0) is 21.3. The van der Waals surface area contributed by atoms with Crippen molar-refractivity contribution in [1.29, 1.82) is 0 Å². The minimum absolute atomic E-state index is 0.232. The van der Waals surface area contributed by atoms with Crippen LogP contribution in [0.25, 0.3) is 0 Å². The Bertz CT molecular complexity index is 972. The normalized spacial score (nSPS) is 14.1. The van der Waals surface area contributed by atoms with Crippen LogP contribution in [0.2, 0.25) is 0 Å². The first-order chi connectivity index (χ1) is 14.6. The molecule has 2 unspecified atom stereocenters. The van der Waals surface area contributed by atoms with Crippen LogP contribution in [-0.2, 0) is 0 Å². The van der Waals surface area contributed by atoms with Gasteiger partial charge in [-0.1, -0.05) is 91.3 Å². The first-order valence-electron chi connectivity index (χ1n) is 10.5. The fourth-order valence-corrected chi connectivity index (χ4v) is 3.53. The van der Waals surface area contributed by atoms with Crippen molar-refractivity contribution in [3.8, 4) is 0 Å². The highest BCUT2D eigenvalue weighted by atomic mass is 19.1. The number of alkyl halides is 1. The van der Waals surface area contributed by atoms with E-state index in [9.17, 15) is 4.39 Å². The Kier molecular flexibility index (Phi) is 7.67. The summed E-state index contributed by atoms with van der Waals surface area (Å²) in [6.45, 7) is 5.80. The second kappa shape index (κ2) is 10.6. The van der Waals surface area contributed by atoms with Crippen LogP contribution in [0.15, 0.2) is 89.1 Å². The van der Waals surface area contributed by atoms with Crippen LogP contribution in [-0.4, -0.2) is 18.1 Å². The lowest BCUT2D eigenvalue weighted by Crippen LogP contribution is -2.06. The molecule has 0 amide bonds. The van der Waals surface area contributed by atoms with Crippen molar-refractivity contribution in [3.63, 3.8) is 0 Å². The Morgan fingerprint density at radius 3 is 2.13 bits per heavy atom. The minimum Gasteiger partial charge on any atom is -0.248 e. The van der Waals surface area contributed by atoms with E-state index in [0.29, 0.717) is 6.42 Å². The topological polar surface area (TPSA) is 24.7 Å². The number of nitrogens with zero attached hydrogens (tertiary/aromatic N) is 2. The van der Waals surface area contributed by atoms with Crippen LogP contribution < -0.4 is 0 Å². The van der Waals surface area contributed by atoms with Gasteiger partial charge in [0.05, 0.1) is 12.4 Å². The summed E-state index contributed by atoms with van der Waals surface area (Å²) in [5, 5.41) is 8.90. The molecule has 3 aromatic carbocycles. The zero-order valence-corrected chi connectivity index (χ0v) is 17.9. The van der Waals surface area contributed by atoms with E-state index in [4.69, 9.17) is 0 Å². The number of benzene rings is 3. The van der Waals surface area contributed by atoms with E-state index in [1.165, 1.54) is 11.1 Å². The van der Waals surface area contributed by atoms with Crippen molar-refractivity contribution < 1.29 is 4.39 Å². The first-order valence-corrected chi connectivity index (χ1v) is 10.5. The molecule has 3 rings (SSSR count). The average molecular weight is 401 g/mol. The molecular formula is C27H29FN2. The number of aryl methyl sites for hydroxylation is 1. The van der Waals surface area contributed by atoms with Gasteiger partial charge in [0.2, 0.25) is 0 Å². The largest absolute Gasteiger partial charge is 0.248 e. The molecule has 0 spiro atoms. The summed E-state index contributed by atoms with van der Waals surface area (Å²) in [7, 11) is 0. The highest BCUT2D eigenvalue weighted by Crippen LogP contribution is 2.26. The Labute approximate surface area is 179 Å². The maximum absolute atomic E-state index is 13.5. The van der Waals surface area contributed by atoms with Gasteiger partial charge in [-0.25, -0.2) is 4.39 Å². The summed E-state index contributed by atoms with van der Waals surface area (Å²) in [6, 6.07) is 26.5. The Morgan fingerprint density at radius 2 is 1.53 bits per heavy atom. The summed E-state index contributed by atoms with van der Waals surface area (Å²) in [5.74, 6) is 0.232. The number of hydrogen-bond donors (Lipinski definition) is 0. The quantitative estimate of drug-likeness (QED) is 0.284. The zero-order valence-electron chi connectivity index (χ0n) is 17.9. The maximum atomic E-state index is 13.5. The van der Waals surface area contributed by atoms with E-state index in [1.54, 1.807) is 13.1 Å². The minimum atomic E-state index is -0.799. The van der Waals surface area contributed by atoms with Gasteiger partial charge in [0.25, 0.3) is 0 Å². The molecule has 0 saturated heterocycles. The predicted octanol–water partition coefficient (Wildman–Crippen LogP) is 7.11. The Hall–Kier alpha value is -3.07. The second-order valence-electron chi connectivity index (χ2n) is 7.71. The van der Waals surface area contributed by atoms with Crippen molar-refractivity contribution in [1.82, 2.24) is 0 Å². The molecule has 3 aromatic rings. The van der Waals surface area contributed by atoms with Crippen molar-refractivity contribution in [2.75, 3.05) is 0 Å². The number of rotatable bonds is 8. The highest BCUT2D eigenvalue weighted by molar-refractivity contribution is 6.13. The molecule has 0 aliphatic heterocycles. The molecule has 0 aliphatic carbocycles. The number of hydrogen-bond acceptors (Lipinski definition) is 2. The molecular weight excluding hydrogens is 371 g/mol. The van der Waals surface area contributed by atoms with E-state index in [-0.39, 0.29) is 5.92 Å². The van der Waals surface area contributed by atoms with Gasteiger partial charge in [-0.2, -0.15) is 5.10 Å². The van der Waals surface area contributed by atoms with Crippen molar-refractivity contribution >= 4 is 11.9 Å². The molecule has 0 heterocycles. The van der Waals surface area contributed by atoms with E-state index in [1.807, 2.05) is 42.5 Å². The van der Waals surface area contributed by atoms with E-state index < -0.39 is 6.17 Å². The second-order valence-corrected chi connectivity index (χ2v) is 7.71. The molecule has 3 heteroatoms. The SMILES string of the molecule is CCC(CC(C)F)c1ccc(C(=NN=Cc2ccc(C)cc2)c2ccccc2)cc1. The average Bonchev–Trinajstić information content (AvgIpc) is 2.77. The van der Waals surface area contributed by atoms with Crippen molar-refractivity contribution in [3.05, 3.63) is 107 Å². The fraction of sp³-hybridized carbons (Fsp3) is 0.259. The molecule has 0 aliphatic rings. The first kappa shape index (κ1) is 21.6. The lowest BCUT2D eigenvalue weighted by Gasteiger charge is -2.16. The molecule has 30 heavy (non-hydrogen) atoms. The molecule has 154 valence electrons. The number of halogens is 1. The lowest BCUT2D eigenvalue weighted by atomic mass is 9.90. The van der Waals surface area contributed by atoms with Crippen LogP contribution in [0.4, 0.5) is 4.39 Å². The van der Waals surface area contributed by atoms with Crippen LogP contribution in [0, 0.1) is 6.92 Å². The standard InChI is InChI=1S/C27H29FN2/c1-4-23(18-21(3)28)24-14-16-26(17-15-24)27(25-8-6-5-7-9-25)30-29-19-22-12-10-20(2)11-13-22/h5-17,19,21,23H,4,18H2,1-3H3. The molecule has 0 fully saturated rings.